The van der Waals surface area contributed by atoms with Crippen LogP contribution in [0.3, 0.4) is 0 Å². The Kier molecular flexibility index (Phi) is 3.40. The predicted octanol–water partition coefficient (Wildman–Crippen LogP) is 1.52. The van der Waals surface area contributed by atoms with Gasteiger partial charge < -0.3 is 9.84 Å². The second-order valence-electron chi connectivity index (χ2n) is 8.23. The SMILES string of the molecule is CC(=O)O[C@H]1CCN2CCC[C@@H]3C(=O)C[C@H]4C[C@@H](C)C[C@@]32[C@@]41O. The first kappa shape index (κ1) is 15.6. The van der Waals surface area contributed by atoms with Crippen molar-refractivity contribution in [1.82, 2.24) is 4.90 Å². The minimum atomic E-state index is -1.07. The molecule has 2 heterocycles. The lowest BCUT2D eigenvalue weighted by Crippen LogP contribution is -2.83. The fraction of sp³-hybridized carbons (Fsp3) is 0.889. The third-order valence-electron chi connectivity index (χ3n) is 7.02. The molecule has 128 valence electrons. The van der Waals surface area contributed by atoms with Crippen molar-refractivity contribution in [1.29, 1.82) is 0 Å². The highest BCUT2D eigenvalue weighted by Gasteiger charge is 2.73. The molecule has 2 aliphatic heterocycles. The largest absolute Gasteiger partial charge is 0.459 e. The summed E-state index contributed by atoms with van der Waals surface area (Å²) < 4.78 is 5.60. The third-order valence-corrected chi connectivity index (χ3v) is 7.02. The standard InChI is InChI=1S/C18H27NO4/c1-11-8-13-9-15(21)14-4-3-6-19-7-5-16(23-12(2)20)18(13,22)17(14,19)10-11/h11,13-14,16,22H,3-10H2,1-2H3/t11-,13-,14-,16+,17+,18-/m1/s1. The summed E-state index contributed by atoms with van der Waals surface area (Å²) in [4.78, 5) is 26.8. The van der Waals surface area contributed by atoms with Gasteiger partial charge in [0.1, 0.15) is 17.5 Å². The van der Waals surface area contributed by atoms with Crippen LogP contribution in [0.2, 0.25) is 0 Å². The minimum Gasteiger partial charge on any atom is -0.459 e. The summed E-state index contributed by atoms with van der Waals surface area (Å²) >= 11 is 0. The van der Waals surface area contributed by atoms with Crippen LogP contribution in [0.15, 0.2) is 0 Å². The van der Waals surface area contributed by atoms with Crippen LogP contribution in [0.1, 0.15) is 52.4 Å². The molecule has 1 N–H and O–H groups in total. The summed E-state index contributed by atoms with van der Waals surface area (Å²) in [6.45, 7) is 5.40. The van der Waals surface area contributed by atoms with Gasteiger partial charge in [0.15, 0.2) is 0 Å². The topological polar surface area (TPSA) is 66.8 Å². The van der Waals surface area contributed by atoms with E-state index in [4.69, 9.17) is 4.74 Å². The third kappa shape index (κ3) is 1.86. The number of hydrogen-bond acceptors (Lipinski definition) is 5. The first-order chi connectivity index (χ1) is 10.9. The molecule has 4 rings (SSSR count). The van der Waals surface area contributed by atoms with Gasteiger partial charge in [-0.3, -0.25) is 14.5 Å². The Hall–Kier alpha value is -0.940. The Morgan fingerprint density at radius 3 is 2.87 bits per heavy atom. The first-order valence-electron chi connectivity index (χ1n) is 9.07. The van der Waals surface area contributed by atoms with Crippen LogP contribution in [0.25, 0.3) is 0 Å². The van der Waals surface area contributed by atoms with E-state index in [2.05, 4.69) is 11.8 Å². The summed E-state index contributed by atoms with van der Waals surface area (Å²) in [5.41, 5.74) is -1.58. The number of ether oxygens (including phenoxy) is 1. The summed E-state index contributed by atoms with van der Waals surface area (Å²) in [7, 11) is 0. The van der Waals surface area contributed by atoms with E-state index in [1.54, 1.807) is 0 Å². The maximum atomic E-state index is 12.8. The lowest BCUT2D eigenvalue weighted by molar-refractivity contribution is -0.288. The van der Waals surface area contributed by atoms with Gasteiger partial charge in [0, 0.05) is 38.1 Å². The molecule has 5 heteroatoms. The van der Waals surface area contributed by atoms with Gasteiger partial charge in [-0.15, -0.1) is 0 Å². The summed E-state index contributed by atoms with van der Waals surface area (Å²) in [6, 6.07) is 0. The smallest absolute Gasteiger partial charge is 0.303 e. The number of esters is 1. The molecule has 6 atom stereocenters. The van der Waals surface area contributed by atoms with Crippen LogP contribution in [0.5, 0.6) is 0 Å². The van der Waals surface area contributed by atoms with Crippen LogP contribution in [-0.2, 0) is 14.3 Å². The van der Waals surface area contributed by atoms with E-state index in [9.17, 15) is 14.7 Å². The average Bonchev–Trinajstić information content (AvgIpc) is 2.46. The molecule has 4 aliphatic rings. The fourth-order valence-electron chi connectivity index (χ4n) is 6.49. The van der Waals surface area contributed by atoms with E-state index in [0.717, 1.165) is 38.8 Å². The summed E-state index contributed by atoms with van der Waals surface area (Å²) in [5, 5.41) is 11.9. The summed E-state index contributed by atoms with van der Waals surface area (Å²) in [5.74, 6) is 0.301. The lowest BCUT2D eigenvalue weighted by atomic mass is 9.45. The van der Waals surface area contributed by atoms with Gasteiger partial charge in [0.25, 0.3) is 0 Å². The van der Waals surface area contributed by atoms with Crippen LogP contribution < -0.4 is 0 Å². The molecule has 2 bridgehead atoms. The molecule has 0 radical (unpaired) electrons. The fourth-order valence-corrected chi connectivity index (χ4v) is 6.49. The molecule has 5 nitrogen and oxygen atoms in total. The maximum absolute atomic E-state index is 12.8. The minimum absolute atomic E-state index is 0.0831. The van der Waals surface area contributed by atoms with Gasteiger partial charge in [-0.05, 0) is 38.1 Å². The molecule has 4 fully saturated rings. The molecule has 0 aromatic carbocycles. The van der Waals surface area contributed by atoms with Gasteiger partial charge in [0.05, 0.1) is 5.54 Å². The summed E-state index contributed by atoms with van der Waals surface area (Å²) in [6.07, 6.45) is 4.22. The molecule has 0 amide bonds. The Labute approximate surface area is 137 Å². The molecule has 2 aliphatic carbocycles. The van der Waals surface area contributed by atoms with Crippen molar-refractivity contribution in [3.05, 3.63) is 0 Å². The molecule has 1 spiro atoms. The normalized spacial score (nSPS) is 49.4. The number of nitrogens with zero attached hydrogens (tertiary/aromatic N) is 1. The van der Waals surface area contributed by atoms with E-state index in [1.807, 2.05) is 0 Å². The van der Waals surface area contributed by atoms with Gasteiger partial charge in [-0.2, -0.15) is 0 Å². The number of aliphatic hydroxyl groups is 1. The molecule has 0 unspecified atom stereocenters. The van der Waals surface area contributed by atoms with Gasteiger partial charge >= 0.3 is 5.97 Å². The van der Waals surface area contributed by atoms with E-state index in [-0.39, 0.29) is 17.8 Å². The number of rotatable bonds is 1. The van der Waals surface area contributed by atoms with Crippen molar-refractivity contribution >= 4 is 11.8 Å². The number of Topliss-reactive ketones (excluding diaryl/α,β-unsaturated/α-hetero) is 1. The first-order valence-corrected chi connectivity index (χ1v) is 9.07. The van der Waals surface area contributed by atoms with E-state index in [1.165, 1.54) is 6.92 Å². The molecule has 0 aromatic heterocycles. The average molecular weight is 321 g/mol. The highest BCUT2D eigenvalue weighted by atomic mass is 16.6. The highest BCUT2D eigenvalue weighted by Crippen LogP contribution is 2.61. The Balaban J connectivity index is 1.86. The van der Waals surface area contributed by atoms with Crippen molar-refractivity contribution in [3.8, 4) is 0 Å². The molecule has 2 saturated heterocycles. The van der Waals surface area contributed by atoms with Crippen molar-refractivity contribution in [2.75, 3.05) is 13.1 Å². The monoisotopic (exact) mass is 321 g/mol. The van der Waals surface area contributed by atoms with Gasteiger partial charge in [0.2, 0.25) is 0 Å². The predicted molar refractivity (Wildman–Crippen MR) is 83.7 cm³/mol. The van der Waals surface area contributed by atoms with Crippen LogP contribution in [0.4, 0.5) is 0 Å². The Morgan fingerprint density at radius 2 is 2.13 bits per heavy atom. The zero-order chi connectivity index (χ0) is 16.4. The molecule has 0 aromatic rings. The van der Waals surface area contributed by atoms with Crippen LogP contribution in [-0.4, -0.2) is 52.1 Å². The number of piperidine rings is 2. The van der Waals surface area contributed by atoms with Gasteiger partial charge in [-0.25, -0.2) is 0 Å². The highest BCUT2D eigenvalue weighted by molar-refractivity contribution is 5.85. The number of carbonyl (C=O) groups is 2. The van der Waals surface area contributed by atoms with E-state index >= 15 is 0 Å². The van der Waals surface area contributed by atoms with Gasteiger partial charge in [-0.1, -0.05) is 6.92 Å². The van der Waals surface area contributed by atoms with Crippen molar-refractivity contribution in [2.24, 2.45) is 17.8 Å². The van der Waals surface area contributed by atoms with E-state index < -0.39 is 17.2 Å². The molecule has 23 heavy (non-hydrogen) atoms. The Morgan fingerprint density at radius 1 is 1.35 bits per heavy atom. The molecular weight excluding hydrogens is 294 g/mol. The number of hydrogen-bond donors (Lipinski definition) is 1. The van der Waals surface area contributed by atoms with Crippen LogP contribution >= 0.6 is 0 Å². The number of carbonyl (C=O) groups excluding carboxylic acids is 2. The van der Waals surface area contributed by atoms with Crippen LogP contribution in [0, 0.1) is 17.8 Å². The van der Waals surface area contributed by atoms with Crippen molar-refractivity contribution < 1.29 is 19.4 Å². The Bertz CT molecular complexity index is 545. The van der Waals surface area contributed by atoms with E-state index in [0.29, 0.717) is 24.5 Å². The zero-order valence-electron chi connectivity index (χ0n) is 14.1. The van der Waals surface area contributed by atoms with Crippen molar-refractivity contribution in [3.63, 3.8) is 0 Å². The quantitative estimate of drug-likeness (QED) is 0.742. The zero-order valence-corrected chi connectivity index (χ0v) is 14.1. The lowest BCUT2D eigenvalue weighted by Gasteiger charge is -2.70. The second-order valence-corrected chi connectivity index (χ2v) is 8.23. The molecular formula is C18H27NO4. The number of ketones is 1. The second kappa shape index (κ2) is 5.03. The molecule has 2 saturated carbocycles. The van der Waals surface area contributed by atoms with Crippen molar-refractivity contribution in [2.45, 2.75) is 69.6 Å². The maximum Gasteiger partial charge on any atom is 0.303 e.